The largest absolute Gasteiger partial charge is 0.456 e. The molecule has 0 amide bonds. The Morgan fingerprint density at radius 2 is 1.46 bits per heavy atom. The van der Waals surface area contributed by atoms with Crippen LogP contribution in [0.15, 0.2) is 83.3 Å². The molecule has 2 heteroatoms. The van der Waals surface area contributed by atoms with Crippen molar-refractivity contribution >= 4 is 44.3 Å². The third kappa shape index (κ3) is 2.02. The van der Waals surface area contributed by atoms with E-state index in [1.165, 1.54) is 10.8 Å². The summed E-state index contributed by atoms with van der Waals surface area (Å²) in [7, 11) is 0. The lowest BCUT2D eigenvalue weighted by molar-refractivity contribution is 0.669. The van der Waals surface area contributed by atoms with Gasteiger partial charge in [-0.05, 0) is 52.2 Å². The normalized spacial score (nSPS) is 11.5. The average Bonchev–Trinajstić information content (AvgIpc) is 2.97. The van der Waals surface area contributed by atoms with Crippen molar-refractivity contribution in [3.63, 3.8) is 0 Å². The molecule has 114 valence electrons. The predicted molar refractivity (Wildman–Crippen MR) is 102 cm³/mol. The van der Waals surface area contributed by atoms with E-state index in [9.17, 15) is 0 Å². The summed E-state index contributed by atoms with van der Waals surface area (Å²) >= 11 is 6.19. The molecule has 0 radical (unpaired) electrons. The molecule has 0 aliphatic rings. The molecule has 0 spiro atoms. The maximum atomic E-state index is 6.19. The molecule has 1 aromatic heterocycles. The van der Waals surface area contributed by atoms with Crippen LogP contribution in [0.5, 0.6) is 0 Å². The van der Waals surface area contributed by atoms with Crippen LogP contribution in [0, 0.1) is 0 Å². The second-order valence-electron chi connectivity index (χ2n) is 5.99. The maximum Gasteiger partial charge on any atom is 0.136 e. The topological polar surface area (TPSA) is 13.1 Å². The summed E-state index contributed by atoms with van der Waals surface area (Å²) in [6.45, 7) is 0. The van der Waals surface area contributed by atoms with Gasteiger partial charge in [0.05, 0.1) is 0 Å². The van der Waals surface area contributed by atoms with Gasteiger partial charge in [0, 0.05) is 15.8 Å². The summed E-state index contributed by atoms with van der Waals surface area (Å²) in [5, 5.41) is 5.42. The van der Waals surface area contributed by atoms with Crippen LogP contribution in [-0.2, 0) is 0 Å². The van der Waals surface area contributed by atoms with Gasteiger partial charge in [0.25, 0.3) is 0 Å². The molecule has 5 rings (SSSR count). The van der Waals surface area contributed by atoms with Crippen LogP contribution in [0.1, 0.15) is 0 Å². The Morgan fingerprint density at radius 1 is 0.667 bits per heavy atom. The van der Waals surface area contributed by atoms with Crippen molar-refractivity contribution in [2.45, 2.75) is 0 Å². The van der Waals surface area contributed by atoms with Gasteiger partial charge in [0.1, 0.15) is 11.2 Å². The predicted octanol–water partition coefficient (Wildman–Crippen LogP) is 7.06. The highest BCUT2D eigenvalue weighted by atomic mass is 35.5. The number of fused-ring (bicyclic) bond motifs is 4. The summed E-state index contributed by atoms with van der Waals surface area (Å²) in [6, 6.07) is 26.8. The molecule has 0 saturated heterocycles. The zero-order chi connectivity index (χ0) is 16.1. The van der Waals surface area contributed by atoms with Crippen LogP contribution in [0.3, 0.4) is 0 Å². The van der Waals surface area contributed by atoms with E-state index in [-0.39, 0.29) is 0 Å². The Labute approximate surface area is 144 Å². The highest BCUT2D eigenvalue weighted by Gasteiger charge is 2.13. The molecular formula is C22H13ClO. The summed E-state index contributed by atoms with van der Waals surface area (Å²) in [6.07, 6.45) is 0. The Morgan fingerprint density at radius 3 is 2.29 bits per heavy atom. The van der Waals surface area contributed by atoms with Gasteiger partial charge in [-0.2, -0.15) is 0 Å². The first-order chi connectivity index (χ1) is 11.8. The zero-order valence-corrected chi connectivity index (χ0v) is 13.5. The van der Waals surface area contributed by atoms with E-state index in [2.05, 4.69) is 42.5 Å². The third-order valence-electron chi connectivity index (χ3n) is 4.50. The summed E-state index contributed by atoms with van der Waals surface area (Å²) in [5.74, 6) is 0. The quantitative estimate of drug-likeness (QED) is 0.321. The SMILES string of the molecule is Clc1cccc(-c2cccc3oc4cc5ccccc5cc4c23)c1. The van der Waals surface area contributed by atoms with Crippen LogP contribution in [0.25, 0.3) is 43.8 Å². The Balaban J connectivity index is 1.93. The molecule has 0 atom stereocenters. The Bertz CT molecular complexity index is 1220. The van der Waals surface area contributed by atoms with Gasteiger partial charge >= 0.3 is 0 Å². The molecule has 1 nitrogen and oxygen atoms in total. The Kier molecular flexibility index (Phi) is 2.91. The molecule has 24 heavy (non-hydrogen) atoms. The molecule has 0 unspecified atom stereocenters. The lowest BCUT2D eigenvalue weighted by atomic mass is 9.98. The minimum atomic E-state index is 0.739. The van der Waals surface area contributed by atoms with Crippen LogP contribution in [-0.4, -0.2) is 0 Å². The van der Waals surface area contributed by atoms with Crippen molar-refractivity contribution in [3.05, 3.63) is 83.9 Å². The molecular weight excluding hydrogens is 316 g/mol. The second-order valence-corrected chi connectivity index (χ2v) is 6.42. The Hall–Kier alpha value is -2.77. The van der Waals surface area contributed by atoms with Crippen molar-refractivity contribution in [2.24, 2.45) is 0 Å². The van der Waals surface area contributed by atoms with Crippen LogP contribution < -0.4 is 0 Å². The number of halogens is 1. The fourth-order valence-electron chi connectivity index (χ4n) is 3.41. The van der Waals surface area contributed by atoms with Gasteiger partial charge in [0.15, 0.2) is 0 Å². The van der Waals surface area contributed by atoms with Gasteiger partial charge in [-0.15, -0.1) is 0 Å². The molecule has 0 fully saturated rings. The van der Waals surface area contributed by atoms with Gasteiger partial charge in [-0.1, -0.05) is 60.1 Å². The van der Waals surface area contributed by atoms with E-state index in [0.29, 0.717) is 0 Å². The molecule has 0 bridgehead atoms. The molecule has 0 saturated carbocycles. The lowest BCUT2D eigenvalue weighted by Gasteiger charge is -2.04. The van der Waals surface area contributed by atoms with Crippen molar-refractivity contribution in [3.8, 4) is 11.1 Å². The van der Waals surface area contributed by atoms with Crippen LogP contribution in [0.2, 0.25) is 5.02 Å². The fraction of sp³-hybridized carbons (Fsp3) is 0. The van der Waals surface area contributed by atoms with E-state index in [1.54, 1.807) is 0 Å². The van der Waals surface area contributed by atoms with E-state index in [1.807, 2.05) is 36.4 Å². The first-order valence-corrected chi connectivity index (χ1v) is 8.27. The van der Waals surface area contributed by atoms with E-state index >= 15 is 0 Å². The summed E-state index contributed by atoms with van der Waals surface area (Å²) < 4.78 is 6.12. The highest BCUT2D eigenvalue weighted by molar-refractivity contribution is 6.31. The molecule has 0 aliphatic heterocycles. The first kappa shape index (κ1) is 13.6. The number of hydrogen-bond acceptors (Lipinski definition) is 1. The van der Waals surface area contributed by atoms with E-state index in [4.69, 9.17) is 16.0 Å². The maximum absolute atomic E-state index is 6.19. The lowest BCUT2D eigenvalue weighted by Crippen LogP contribution is -1.80. The monoisotopic (exact) mass is 328 g/mol. The third-order valence-corrected chi connectivity index (χ3v) is 4.73. The van der Waals surface area contributed by atoms with Crippen LogP contribution in [0.4, 0.5) is 0 Å². The van der Waals surface area contributed by atoms with Crippen molar-refractivity contribution in [1.29, 1.82) is 0 Å². The van der Waals surface area contributed by atoms with Crippen molar-refractivity contribution in [1.82, 2.24) is 0 Å². The van der Waals surface area contributed by atoms with Gasteiger partial charge in [-0.25, -0.2) is 0 Å². The fourth-order valence-corrected chi connectivity index (χ4v) is 3.60. The smallest absolute Gasteiger partial charge is 0.136 e. The molecule has 4 aromatic carbocycles. The first-order valence-electron chi connectivity index (χ1n) is 7.89. The zero-order valence-electron chi connectivity index (χ0n) is 12.8. The number of furan rings is 1. The molecule has 0 aliphatic carbocycles. The molecule has 1 heterocycles. The minimum absolute atomic E-state index is 0.739. The molecule has 5 aromatic rings. The van der Waals surface area contributed by atoms with Gasteiger partial charge in [-0.3, -0.25) is 0 Å². The molecule has 0 N–H and O–H groups in total. The number of hydrogen-bond donors (Lipinski definition) is 0. The highest BCUT2D eigenvalue weighted by Crippen LogP contribution is 2.38. The standard InChI is InChI=1S/C22H13ClO/c23-17-8-3-7-16(11-17)18-9-4-10-20-22(18)19-12-14-5-1-2-6-15(14)13-21(19)24-20/h1-13H. The summed E-state index contributed by atoms with van der Waals surface area (Å²) in [4.78, 5) is 0. The average molecular weight is 329 g/mol. The van der Waals surface area contributed by atoms with E-state index in [0.717, 1.165) is 38.1 Å². The number of rotatable bonds is 1. The van der Waals surface area contributed by atoms with Crippen molar-refractivity contribution < 1.29 is 4.42 Å². The summed E-state index contributed by atoms with van der Waals surface area (Å²) in [5.41, 5.74) is 4.06. The van der Waals surface area contributed by atoms with Crippen molar-refractivity contribution in [2.75, 3.05) is 0 Å². The van der Waals surface area contributed by atoms with Crippen LogP contribution >= 0.6 is 11.6 Å². The number of benzene rings is 4. The van der Waals surface area contributed by atoms with Gasteiger partial charge < -0.3 is 4.42 Å². The second kappa shape index (κ2) is 5.12. The minimum Gasteiger partial charge on any atom is -0.456 e. The van der Waals surface area contributed by atoms with E-state index < -0.39 is 0 Å². The van der Waals surface area contributed by atoms with Gasteiger partial charge in [0.2, 0.25) is 0 Å².